The predicted molar refractivity (Wildman–Crippen MR) is 112 cm³/mol. The molecule has 3 aromatic rings. The van der Waals surface area contributed by atoms with E-state index in [2.05, 4.69) is 27.3 Å². The molecule has 146 valence electrons. The zero-order chi connectivity index (χ0) is 19.9. The number of carbonyl (C=O) groups is 1. The molecule has 1 atom stereocenters. The van der Waals surface area contributed by atoms with E-state index in [1.54, 1.807) is 12.1 Å². The van der Waals surface area contributed by atoms with Gasteiger partial charge in [-0.2, -0.15) is 0 Å². The van der Waals surface area contributed by atoms with Crippen molar-refractivity contribution < 1.29 is 9.18 Å². The average Bonchev–Trinajstić information content (AvgIpc) is 3.17. The van der Waals surface area contributed by atoms with Crippen LogP contribution in [0.5, 0.6) is 0 Å². The van der Waals surface area contributed by atoms with E-state index in [1.165, 1.54) is 29.0 Å². The van der Waals surface area contributed by atoms with Crippen LogP contribution in [0.1, 0.15) is 23.0 Å². The monoisotopic (exact) mass is 397 g/mol. The first-order valence-electron chi connectivity index (χ1n) is 9.21. The van der Waals surface area contributed by atoms with Crippen LogP contribution < -0.4 is 5.32 Å². The number of thiazole rings is 1. The highest BCUT2D eigenvalue weighted by molar-refractivity contribution is 7.09. The highest BCUT2D eigenvalue weighted by atomic mass is 32.1. The van der Waals surface area contributed by atoms with E-state index in [-0.39, 0.29) is 17.8 Å². The molecule has 28 heavy (non-hydrogen) atoms. The normalized spacial score (nSPS) is 12.1. The van der Waals surface area contributed by atoms with Crippen LogP contribution in [-0.4, -0.2) is 36.4 Å². The molecule has 2 aromatic carbocycles. The summed E-state index contributed by atoms with van der Waals surface area (Å²) < 4.78 is 13.0. The first-order valence-corrected chi connectivity index (χ1v) is 10.1. The lowest BCUT2D eigenvalue weighted by Crippen LogP contribution is -2.34. The first kappa shape index (κ1) is 20.2. The van der Waals surface area contributed by atoms with E-state index < -0.39 is 0 Å². The Hall–Kier alpha value is -2.57. The largest absolute Gasteiger partial charge is 0.354 e. The van der Waals surface area contributed by atoms with E-state index in [0.29, 0.717) is 19.4 Å². The number of hydrogen-bond acceptors (Lipinski definition) is 4. The van der Waals surface area contributed by atoms with Crippen LogP contribution >= 0.6 is 11.3 Å². The summed E-state index contributed by atoms with van der Waals surface area (Å²) >= 11 is 1.52. The Bertz CT molecular complexity index is 894. The summed E-state index contributed by atoms with van der Waals surface area (Å²) in [4.78, 5) is 19.0. The number of halogens is 1. The fourth-order valence-electron chi connectivity index (χ4n) is 2.97. The van der Waals surface area contributed by atoms with Crippen molar-refractivity contribution >= 4 is 17.2 Å². The molecule has 1 aromatic heterocycles. The Morgan fingerprint density at radius 3 is 2.54 bits per heavy atom. The molecule has 4 nitrogen and oxygen atoms in total. The molecule has 0 bridgehead atoms. The third kappa shape index (κ3) is 5.47. The summed E-state index contributed by atoms with van der Waals surface area (Å²) in [6, 6.07) is 16.6. The Morgan fingerprint density at radius 1 is 1.14 bits per heavy atom. The Morgan fingerprint density at radius 2 is 1.86 bits per heavy atom. The summed E-state index contributed by atoms with van der Waals surface area (Å²) in [5.74, 6) is -0.247. The number of nitrogens with zero attached hydrogens (tertiary/aromatic N) is 2. The minimum atomic E-state index is -0.262. The third-order valence-electron chi connectivity index (χ3n) is 4.56. The van der Waals surface area contributed by atoms with Gasteiger partial charge in [0.05, 0.1) is 16.7 Å². The van der Waals surface area contributed by atoms with E-state index in [4.69, 9.17) is 0 Å². The maximum absolute atomic E-state index is 13.0. The fourth-order valence-corrected chi connectivity index (χ4v) is 3.78. The topological polar surface area (TPSA) is 45.2 Å². The fraction of sp³-hybridized carbons (Fsp3) is 0.273. The van der Waals surface area contributed by atoms with Crippen LogP contribution in [-0.2, 0) is 11.2 Å². The summed E-state index contributed by atoms with van der Waals surface area (Å²) in [5.41, 5.74) is 2.87. The molecule has 6 heteroatoms. The molecule has 0 saturated heterocycles. The lowest BCUT2D eigenvalue weighted by molar-refractivity contribution is -0.121. The molecule has 1 N–H and O–H groups in total. The second-order valence-corrected chi connectivity index (χ2v) is 7.77. The van der Waals surface area contributed by atoms with Crippen LogP contribution in [0.25, 0.3) is 11.3 Å². The van der Waals surface area contributed by atoms with Gasteiger partial charge < -0.3 is 10.2 Å². The molecule has 0 radical (unpaired) electrons. The SMILES string of the molecule is CN(C)C(CNC(=O)CCc1nc(-c2ccc(F)cc2)cs1)c1ccccc1. The highest BCUT2D eigenvalue weighted by Crippen LogP contribution is 2.23. The van der Waals surface area contributed by atoms with Gasteiger partial charge in [0.1, 0.15) is 5.82 Å². The number of likely N-dealkylation sites (N-methyl/N-ethyl adjacent to an activating group) is 1. The third-order valence-corrected chi connectivity index (χ3v) is 5.47. The molecule has 0 fully saturated rings. The molecular weight excluding hydrogens is 373 g/mol. The molecule has 1 unspecified atom stereocenters. The second-order valence-electron chi connectivity index (χ2n) is 6.83. The molecule has 1 heterocycles. The number of aryl methyl sites for hydroxylation is 1. The Balaban J connectivity index is 1.51. The number of rotatable bonds is 8. The Labute approximate surface area is 169 Å². The minimum Gasteiger partial charge on any atom is -0.354 e. The quantitative estimate of drug-likeness (QED) is 0.616. The zero-order valence-electron chi connectivity index (χ0n) is 16.1. The lowest BCUT2D eigenvalue weighted by Gasteiger charge is -2.25. The van der Waals surface area contributed by atoms with Crippen molar-refractivity contribution in [1.29, 1.82) is 0 Å². The van der Waals surface area contributed by atoms with Crippen LogP contribution in [0, 0.1) is 5.82 Å². The van der Waals surface area contributed by atoms with Gasteiger partial charge in [0, 0.05) is 30.3 Å². The highest BCUT2D eigenvalue weighted by Gasteiger charge is 2.15. The average molecular weight is 398 g/mol. The summed E-state index contributed by atoms with van der Waals surface area (Å²) in [6.45, 7) is 0.564. The van der Waals surface area contributed by atoms with Gasteiger partial charge in [-0.3, -0.25) is 4.79 Å². The van der Waals surface area contributed by atoms with Crippen molar-refractivity contribution in [3.63, 3.8) is 0 Å². The van der Waals surface area contributed by atoms with Gasteiger partial charge in [-0.05, 0) is 43.9 Å². The van der Waals surface area contributed by atoms with Crippen molar-refractivity contribution in [2.45, 2.75) is 18.9 Å². The van der Waals surface area contributed by atoms with Gasteiger partial charge in [-0.1, -0.05) is 30.3 Å². The van der Waals surface area contributed by atoms with Crippen molar-refractivity contribution in [1.82, 2.24) is 15.2 Å². The molecule has 0 aliphatic heterocycles. The van der Waals surface area contributed by atoms with Crippen LogP contribution in [0.3, 0.4) is 0 Å². The maximum atomic E-state index is 13.0. The van der Waals surface area contributed by atoms with Gasteiger partial charge in [-0.15, -0.1) is 11.3 Å². The summed E-state index contributed by atoms with van der Waals surface area (Å²) in [5, 5.41) is 5.88. The molecular formula is C22H24FN3OS. The van der Waals surface area contributed by atoms with Gasteiger partial charge >= 0.3 is 0 Å². The van der Waals surface area contributed by atoms with Gasteiger partial charge in [0.25, 0.3) is 0 Å². The number of aromatic nitrogens is 1. The van der Waals surface area contributed by atoms with Crippen molar-refractivity contribution in [3.05, 3.63) is 76.4 Å². The predicted octanol–water partition coefficient (Wildman–Crippen LogP) is 4.30. The lowest BCUT2D eigenvalue weighted by atomic mass is 10.1. The van der Waals surface area contributed by atoms with Gasteiger partial charge in [-0.25, -0.2) is 9.37 Å². The van der Waals surface area contributed by atoms with Gasteiger partial charge in [0.15, 0.2) is 0 Å². The van der Waals surface area contributed by atoms with Crippen LogP contribution in [0.2, 0.25) is 0 Å². The summed E-state index contributed by atoms with van der Waals surface area (Å²) in [6.07, 6.45) is 0.987. The molecule has 0 spiro atoms. The zero-order valence-corrected chi connectivity index (χ0v) is 16.9. The Kier molecular flexibility index (Phi) is 6.90. The second kappa shape index (κ2) is 9.57. The first-order chi connectivity index (χ1) is 13.5. The molecule has 0 aliphatic carbocycles. The number of benzene rings is 2. The maximum Gasteiger partial charge on any atom is 0.220 e. The van der Waals surface area contributed by atoms with Crippen molar-refractivity contribution in [2.24, 2.45) is 0 Å². The van der Waals surface area contributed by atoms with Crippen molar-refractivity contribution in [2.75, 3.05) is 20.6 Å². The van der Waals surface area contributed by atoms with Crippen LogP contribution in [0.15, 0.2) is 60.0 Å². The minimum absolute atomic E-state index is 0.0151. The molecule has 0 aliphatic rings. The smallest absolute Gasteiger partial charge is 0.220 e. The number of amides is 1. The molecule has 0 saturated carbocycles. The van der Waals surface area contributed by atoms with Gasteiger partial charge in [0.2, 0.25) is 5.91 Å². The molecule has 1 amide bonds. The number of hydrogen-bond donors (Lipinski definition) is 1. The molecule has 3 rings (SSSR count). The van der Waals surface area contributed by atoms with E-state index in [9.17, 15) is 9.18 Å². The van der Waals surface area contributed by atoms with E-state index in [1.807, 2.05) is 37.7 Å². The van der Waals surface area contributed by atoms with E-state index in [0.717, 1.165) is 16.3 Å². The van der Waals surface area contributed by atoms with E-state index >= 15 is 0 Å². The summed E-state index contributed by atoms with van der Waals surface area (Å²) in [7, 11) is 4.02. The standard InChI is InChI=1S/C22H24FN3OS/c1-26(2)20(17-6-4-3-5-7-17)14-24-21(27)12-13-22-25-19(15-28-22)16-8-10-18(23)11-9-16/h3-11,15,20H,12-14H2,1-2H3,(H,24,27). The van der Waals surface area contributed by atoms with Crippen LogP contribution in [0.4, 0.5) is 4.39 Å². The van der Waals surface area contributed by atoms with Crippen molar-refractivity contribution in [3.8, 4) is 11.3 Å². The number of carbonyl (C=O) groups excluding carboxylic acids is 1. The number of nitrogens with one attached hydrogen (secondary N) is 1.